The van der Waals surface area contributed by atoms with Crippen LogP contribution in [-0.4, -0.2) is 29.9 Å². The summed E-state index contributed by atoms with van der Waals surface area (Å²) in [5.74, 6) is 0. The van der Waals surface area contributed by atoms with E-state index in [1.54, 1.807) is 6.20 Å². The maximum atomic E-state index is 4.88. The van der Waals surface area contributed by atoms with Crippen LogP contribution < -0.4 is 0 Å². The molecular weight excluding hydrogens is 734 g/mol. The quantitative estimate of drug-likeness (QED) is 0.152. The predicted octanol–water partition coefficient (Wildman–Crippen LogP) is 12.9. The molecule has 258 valence electrons. The molecular formula is C51H33N3Se. The van der Waals surface area contributed by atoms with Gasteiger partial charge in [0.15, 0.2) is 0 Å². The fourth-order valence-electron chi connectivity index (χ4n) is 8.05. The molecule has 2 heterocycles. The first-order valence-corrected chi connectivity index (χ1v) is 20.2. The van der Waals surface area contributed by atoms with E-state index in [0.29, 0.717) is 0 Å². The van der Waals surface area contributed by atoms with E-state index in [1.807, 2.05) is 6.07 Å². The summed E-state index contributed by atoms with van der Waals surface area (Å²) in [5, 5.41) is 16.0. The number of hydrogen-bond donors (Lipinski definition) is 0. The summed E-state index contributed by atoms with van der Waals surface area (Å²) >= 11 is 0.159. The number of fused-ring (bicyclic) bond motifs is 3. The summed E-state index contributed by atoms with van der Waals surface area (Å²) < 4.78 is 2.78. The number of rotatable bonds is 7. The van der Waals surface area contributed by atoms with Crippen molar-refractivity contribution in [1.29, 1.82) is 0 Å². The van der Waals surface area contributed by atoms with Gasteiger partial charge in [0.05, 0.1) is 0 Å². The van der Waals surface area contributed by atoms with E-state index in [-0.39, 0.29) is 14.5 Å². The Morgan fingerprint density at radius 1 is 0.345 bits per heavy atom. The molecule has 0 amide bonds. The van der Waals surface area contributed by atoms with Crippen LogP contribution in [0.4, 0.5) is 0 Å². The van der Waals surface area contributed by atoms with E-state index in [0.717, 1.165) is 61.3 Å². The molecule has 0 aliphatic heterocycles. The molecule has 8 aromatic carbocycles. The second kappa shape index (κ2) is 14.3. The van der Waals surface area contributed by atoms with Crippen LogP contribution in [0.15, 0.2) is 200 Å². The van der Waals surface area contributed by atoms with Gasteiger partial charge in [-0.05, 0) is 0 Å². The van der Waals surface area contributed by atoms with Crippen LogP contribution in [0.3, 0.4) is 0 Å². The molecule has 0 bridgehead atoms. The molecule has 0 spiro atoms. The zero-order valence-electron chi connectivity index (χ0n) is 29.8. The van der Waals surface area contributed by atoms with Gasteiger partial charge in [0.2, 0.25) is 0 Å². The van der Waals surface area contributed by atoms with Gasteiger partial charge in [-0.25, -0.2) is 0 Å². The van der Waals surface area contributed by atoms with E-state index in [1.165, 1.54) is 36.0 Å². The van der Waals surface area contributed by atoms with E-state index < -0.39 is 0 Å². The van der Waals surface area contributed by atoms with Gasteiger partial charge >= 0.3 is 328 Å². The fourth-order valence-corrected chi connectivity index (χ4v) is 10.4. The Hall–Kier alpha value is -6.71. The van der Waals surface area contributed by atoms with Crippen molar-refractivity contribution in [3.05, 3.63) is 200 Å². The van der Waals surface area contributed by atoms with Crippen molar-refractivity contribution in [2.45, 2.75) is 0 Å². The summed E-state index contributed by atoms with van der Waals surface area (Å²) in [4.78, 5) is 0. The zero-order valence-corrected chi connectivity index (χ0v) is 31.5. The van der Waals surface area contributed by atoms with Crippen LogP contribution in [0.5, 0.6) is 0 Å². The van der Waals surface area contributed by atoms with Crippen molar-refractivity contribution in [2.24, 2.45) is 0 Å². The number of hydrogen-bond acceptors (Lipinski definition) is 3. The van der Waals surface area contributed by atoms with E-state index in [2.05, 4.69) is 198 Å². The normalized spacial score (nSPS) is 11.3. The van der Waals surface area contributed by atoms with Crippen LogP contribution in [0, 0.1) is 0 Å². The molecule has 10 rings (SSSR count). The van der Waals surface area contributed by atoms with E-state index >= 15 is 0 Å². The molecule has 0 radical (unpaired) electrons. The summed E-state index contributed by atoms with van der Waals surface area (Å²) in [5.41, 5.74) is 15.5. The first-order chi connectivity index (χ1) is 27.3. The van der Waals surface area contributed by atoms with Crippen LogP contribution in [-0.2, 0) is 0 Å². The van der Waals surface area contributed by atoms with Crippen molar-refractivity contribution in [2.75, 3.05) is 0 Å². The zero-order chi connectivity index (χ0) is 36.6. The Bertz CT molecular complexity index is 2940. The average Bonchev–Trinajstić information content (AvgIpc) is 3.66. The van der Waals surface area contributed by atoms with Crippen molar-refractivity contribution in [1.82, 2.24) is 15.4 Å². The van der Waals surface area contributed by atoms with Crippen LogP contribution >= 0.6 is 0 Å². The third kappa shape index (κ3) is 5.89. The number of nitrogens with zero attached hydrogens (tertiary/aromatic N) is 3. The molecule has 0 aliphatic rings. The molecule has 0 N–H and O–H groups in total. The molecule has 3 nitrogen and oxygen atoms in total. The third-order valence-electron chi connectivity index (χ3n) is 10.4. The van der Waals surface area contributed by atoms with Gasteiger partial charge < -0.3 is 0 Å². The van der Waals surface area contributed by atoms with Gasteiger partial charge in [-0.1, -0.05) is 0 Å². The monoisotopic (exact) mass is 767 g/mol. The Balaban J connectivity index is 1.49. The fraction of sp³-hybridized carbons (Fsp3) is 0. The van der Waals surface area contributed by atoms with Crippen molar-refractivity contribution >= 4 is 33.8 Å². The Labute approximate surface area is 326 Å². The minimum absolute atomic E-state index is 0.159. The van der Waals surface area contributed by atoms with Crippen LogP contribution in [0.25, 0.3) is 97.3 Å². The third-order valence-corrected chi connectivity index (χ3v) is 12.8. The van der Waals surface area contributed by atoms with Gasteiger partial charge in [-0.3, -0.25) is 0 Å². The molecule has 10 aromatic rings. The van der Waals surface area contributed by atoms with Gasteiger partial charge in [-0.2, -0.15) is 0 Å². The molecule has 4 heteroatoms. The Kier molecular flexibility index (Phi) is 8.53. The van der Waals surface area contributed by atoms with Crippen LogP contribution in [0.1, 0.15) is 0 Å². The second-order valence-electron chi connectivity index (χ2n) is 13.6. The molecule has 0 aliphatic carbocycles. The molecule has 0 saturated carbocycles. The standard InChI is InChI=1S/C51H33N3Se/c1-5-17-34(18-6-1)38-25-13-14-26-40(38)47-42(36-21-9-3-10-22-36)33-43(37-23-11-4-12-24-37)50(51(47)44-31-32-52-54-53-44)49-39(35-19-7-2-8-20-35)29-30-46-48(49)41-27-15-16-28-45(41)55-46/h1-33H. The van der Waals surface area contributed by atoms with Gasteiger partial charge in [0, 0.05) is 0 Å². The first-order valence-electron chi connectivity index (χ1n) is 18.4. The van der Waals surface area contributed by atoms with Crippen molar-refractivity contribution in [3.8, 4) is 78.0 Å². The predicted molar refractivity (Wildman–Crippen MR) is 230 cm³/mol. The summed E-state index contributed by atoms with van der Waals surface area (Å²) in [6.07, 6.45) is 1.77. The summed E-state index contributed by atoms with van der Waals surface area (Å²) in [6.45, 7) is 0. The van der Waals surface area contributed by atoms with E-state index in [9.17, 15) is 0 Å². The van der Waals surface area contributed by atoms with Crippen LogP contribution in [0.2, 0.25) is 0 Å². The molecule has 2 aromatic heterocycles. The maximum absolute atomic E-state index is 4.88. The Morgan fingerprint density at radius 2 is 0.873 bits per heavy atom. The first kappa shape index (κ1) is 32.9. The van der Waals surface area contributed by atoms with Gasteiger partial charge in [0.1, 0.15) is 0 Å². The second-order valence-corrected chi connectivity index (χ2v) is 15.8. The number of aromatic nitrogens is 3. The molecule has 55 heavy (non-hydrogen) atoms. The summed E-state index contributed by atoms with van der Waals surface area (Å²) in [7, 11) is 0. The van der Waals surface area contributed by atoms with E-state index in [4.69, 9.17) is 5.10 Å². The Morgan fingerprint density at radius 3 is 1.49 bits per heavy atom. The average molecular weight is 767 g/mol. The molecule has 0 fully saturated rings. The molecule has 0 unspecified atom stereocenters. The number of benzene rings is 8. The topological polar surface area (TPSA) is 38.7 Å². The van der Waals surface area contributed by atoms with Gasteiger partial charge in [-0.15, -0.1) is 0 Å². The summed E-state index contributed by atoms with van der Waals surface area (Å²) in [6, 6.07) is 70.0. The molecule has 0 atom stereocenters. The minimum atomic E-state index is 0.159. The van der Waals surface area contributed by atoms with Crippen molar-refractivity contribution < 1.29 is 0 Å². The SMILES string of the molecule is c1ccc(-c2ccccc2-c2c(-c3ccccc3)cc(-c3ccccc3)c(-c3c(-c4ccccc4)ccc4[se]c5ccccc5c34)c2-c2ccnnn2)cc1. The van der Waals surface area contributed by atoms with Crippen molar-refractivity contribution in [3.63, 3.8) is 0 Å². The molecule has 0 saturated heterocycles. The van der Waals surface area contributed by atoms with Gasteiger partial charge in [0.25, 0.3) is 0 Å².